The lowest BCUT2D eigenvalue weighted by molar-refractivity contribution is 0.158. The Morgan fingerprint density at radius 1 is 0.921 bits per heavy atom. The largest absolute Gasteiger partial charge is 0.493 e. The fraction of sp³-hybridized carbons (Fsp3) is 0.353. The molecular weight excluding hydrogens is 472 g/mol. The molecule has 3 aromatic carbocycles. The van der Waals surface area contributed by atoms with Crippen LogP contribution in [0.3, 0.4) is 0 Å². The van der Waals surface area contributed by atoms with Crippen molar-refractivity contribution in [2.45, 2.75) is 65.1 Å². The molecule has 38 heavy (non-hydrogen) atoms. The molecule has 5 rings (SSSR count). The van der Waals surface area contributed by atoms with Gasteiger partial charge in [0.15, 0.2) is 0 Å². The summed E-state index contributed by atoms with van der Waals surface area (Å²) in [6.45, 7) is 8.15. The smallest absolute Gasteiger partial charge is 0.137 e. The Bertz CT molecular complexity index is 1300. The van der Waals surface area contributed by atoms with E-state index in [-0.39, 0.29) is 5.60 Å². The van der Waals surface area contributed by atoms with Crippen LogP contribution in [0.5, 0.6) is 23.0 Å². The van der Waals surface area contributed by atoms with Crippen molar-refractivity contribution in [2.24, 2.45) is 0 Å². The predicted molar refractivity (Wildman–Crippen MR) is 155 cm³/mol. The van der Waals surface area contributed by atoms with Crippen LogP contribution < -0.4 is 18.9 Å². The van der Waals surface area contributed by atoms with Gasteiger partial charge < -0.3 is 18.9 Å². The second-order valence-corrected chi connectivity index (χ2v) is 10.5. The van der Waals surface area contributed by atoms with Gasteiger partial charge >= 0.3 is 0 Å². The van der Waals surface area contributed by atoms with Crippen molar-refractivity contribution in [3.05, 3.63) is 89.0 Å². The van der Waals surface area contributed by atoms with Crippen LogP contribution in [-0.2, 0) is 6.61 Å². The van der Waals surface area contributed by atoms with Crippen LogP contribution in [0.25, 0.3) is 17.7 Å². The van der Waals surface area contributed by atoms with E-state index < -0.39 is 0 Å². The third-order valence-corrected chi connectivity index (χ3v) is 6.96. The summed E-state index contributed by atoms with van der Waals surface area (Å²) in [4.78, 5) is 0. The van der Waals surface area contributed by atoms with Crippen LogP contribution in [0, 0.1) is 0 Å². The van der Waals surface area contributed by atoms with Gasteiger partial charge in [0.05, 0.1) is 18.8 Å². The molecule has 0 saturated heterocycles. The molecule has 3 aromatic rings. The minimum Gasteiger partial charge on any atom is -0.493 e. The topological polar surface area (TPSA) is 36.9 Å². The molecular formula is C34H38O4. The van der Waals surface area contributed by atoms with E-state index in [4.69, 9.17) is 18.9 Å². The lowest BCUT2D eigenvalue weighted by Gasteiger charge is -2.29. The summed E-state index contributed by atoms with van der Waals surface area (Å²) >= 11 is 0. The van der Waals surface area contributed by atoms with Crippen molar-refractivity contribution in [1.82, 2.24) is 0 Å². The second kappa shape index (κ2) is 11.8. The summed E-state index contributed by atoms with van der Waals surface area (Å²) in [5.74, 6) is 3.42. The van der Waals surface area contributed by atoms with Crippen molar-refractivity contribution < 1.29 is 18.9 Å². The molecule has 0 atom stereocenters. The van der Waals surface area contributed by atoms with Crippen molar-refractivity contribution in [3.63, 3.8) is 0 Å². The van der Waals surface area contributed by atoms with Crippen molar-refractivity contribution in [3.8, 4) is 23.0 Å². The molecule has 2 aliphatic heterocycles. The maximum atomic E-state index is 6.41. The Balaban J connectivity index is 1.44. The standard InChI is InChI=1S/C34H38O4/c1-4-5-6-10-20-35-28-14-15-29(32(23-28)37-24-25-11-8-7-9-12-25)26-18-21-36-33-27(22-26)13-16-31-30(33)17-19-34(2,3)38-31/h7-9,11-17,19,22-23H,4-6,10,18,20-21,24H2,1-3H3. The summed E-state index contributed by atoms with van der Waals surface area (Å²) < 4.78 is 25.0. The molecule has 0 N–H and O–H groups in total. The third-order valence-electron chi connectivity index (χ3n) is 6.96. The Hall–Kier alpha value is -3.66. The van der Waals surface area contributed by atoms with Gasteiger partial charge in [-0.3, -0.25) is 0 Å². The Morgan fingerprint density at radius 2 is 1.79 bits per heavy atom. The molecule has 4 nitrogen and oxygen atoms in total. The monoisotopic (exact) mass is 510 g/mol. The van der Waals surface area contributed by atoms with Gasteiger partial charge in [0.2, 0.25) is 0 Å². The molecule has 2 heterocycles. The average Bonchev–Trinajstić information content (AvgIpc) is 3.14. The summed E-state index contributed by atoms with van der Waals surface area (Å²) in [6.07, 6.45) is 11.9. The van der Waals surface area contributed by atoms with Gasteiger partial charge in [0.25, 0.3) is 0 Å². The highest BCUT2D eigenvalue weighted by Crippen LogP contribution is 2.43. The number of fused-ring (bicyclic) bond motifs is 3. The van der Waals surface area contributed by atoms with Crippen LogP contribution >= 0.6 is 0 Å². The summed E-state index contributed by atoms with van der Waals surface area (Å²) in [5, 5.41) is 0. The first-order chi connectivity index (χ1) is 18.5. The number of unbranched alkanes of at least 4 members (excludes halogenated alkanes) is 3. The fourth-order valence-electron chi connectivity index (χ4n) is 4.89. The number of rotatable bonds is 10. The maximum absolute atomic E-state index is 6.41. The first kappa shape index (κ1) is 26.0. The highest BCUT2D eigenvalue weighted by molar-refractivity contribution is 5.88. The van der Waals surface area contributed by atoms with Gasteiger partial charge in [0.1, 0.15) is 35.2 Å². The predicted octanol–water partition coefficient (Wildman–Crippen LogP) is 8.73. The molecule has 0 aliphatic carbocycles. The zero-order chi connectivity index (χ0) is 26.4. The molecule has 0 unspecified atom stereocenters. The summed E-state index contributed by atoms with van der Waals surface area (Å²) in [6, 6.07) is 20.6. The zero-order valence-corrected chi connectivity index (χ0v) is 22.8. The maximum Gasteiger partial charge on any atom is 0.137 e. The van der Waals surface area contributed by atoms with Gasteiger partial charge in [0, 0.05) is 23.6 Å². The first-order valence-electron chi connectivity index (χ1n) is 13.8. The van der Waals surface area contributed by atoms with Crippen LogP contribution in [0.15, 0.2) is 66.7 Å². The minimum atomic E-state index is -0.322. The van der Waals surface area contributed by atoms with Crippen molar-refractivity contribution in [2.75, 3.05) is 13.2 Å². The van der Waals surface area contributed by atoms with Gasteiger partial charge in [-0.2, -0.15) is 0 Å². The first-order valence-corrected chi connectivity index (χ1v) is 13.8. The number of benzene rings is 3. The van der Waals surface area contributed by atoms with Gasteiger partial charge in [-0.25, -0.2) is 0 Å². The van der Waals surface area contributed by atoms with Crippen molar-refractivity contribution >= 4 is 17.7 Å². The summed E-state index contributed by atoms with van der Waals surface area (Å²) in [7, 11) is 0. The Kier molecular flexibility index (Phi) is 8.07. The number of hydrogen-bond acceptors (Lipinski definition) is 4. The number of ether oxygens (including phenoxy) is 4. The molecule has 2 aliphatic rings. The van der Waals surface area contributed by atoms with Crippen LogP contribution in [0.2, 0.25) is 0 Å². The quantitative estimate of drug-likeness (QED) is 0.256. The molecule has 0 amide bonds. The fourth-order valence-corrected chi connectivity index (χ4v) is 4.89. The van der Waals surface area contributed by atoms with E-state index in [1.54, 1.807) is 0 Å². The molecule has 0 radical (unpaired) electrons. The average molecular weight is 511 g/mol. The van der Waals surface area contributed by atoms with E-state index in [0.29, 0.717) is 13.2 Å². The van der Waals surface area contributed by atoms with Crippen LogP contribution in [0.1, 0.15) is 75.1 Å². The Labute approximate surface area is 226 Å². The van der Waals surface area contributed by atoms with Gasteiger partial charge in [-0.15, -0.1) is 0 Å². The lowest BCUT2D eigenvalue weighted by Crippen LogP contribution is -2.27. The molecule has 0 bridgehead atoms. The van der Waals surface area contributed by atoms with E-state index in [1.165, 1.54) is 24.8 Å². The van der Waals surface area contributed by atoms with Crippen LogP contribution in [0.4, 0.5) is 0 Å². The second-order valence-electron chi connectivity index (χ2n) is 10.5. The van der Waals surface area contributed by atoms with Crippen LogP contribution in [-0.4, -0.2) is 18.8 Å². The molecule has 0 spiro atoms. The van der Waals surface area contributed by atoms with E-state index in [1.807, 2.05) is 30.3 Å². The molecule has 0 fully saturated rings. The number of hydrogen-bond donors (Lipinski definition) is 0. The highest BCUT2D eigenvalue weighted by atomic mass is 16.5. The zero-order valence-electron chi connectivity index (χ0n) is 22.8. The Morgan fingerprint density at radius 3 is 2.63 bits per heavy atom. The van der Waals surface area contributed by atoms with Gasteiger partial charge in [-0.05, 0) is 73.9 Å². The van der Waals surface area contributed by atoms with Gasteiger partial charge in [-0.1, -0.05) is 56.5 Å². The minimum absolute atomic E-state index is 0.322. The van der Waals surface area contributed by atoms with E-state index in [9.17, 15) is 0 Å². The molecule has 0 saturated carbocycles. The van der Waals surface area contributed by atoms with Crippen molar-refractivity contribution in [1.29, 1.82) is 0 Å². The highest BCUT2D eigenvalue weighted by Gasteiger charge is 2.26. The van der Waals surface area contributed by atoms with E-state index >= 15 is 0 Å². The molecule has 198 valence electrons. The molecule has 4 heteroatoms. The SMILES string of the molecule is CCCCCCOc1ccc(C2=Cc3ccc4c(c3OCC2)C=CC(C)(C)O4)c(OCc2ccccc2)c1. The molecule has 0 aromatic heterocycles. The normalized spacial score (nSPS) is 15.3. The lowest BCUT2D eigenvalue weighted by atomic mass is 9.96. The summed E-state index contributed by atoms with van der Waals surface area (Å²) in [5.41, 5.74) is 5.12. The van der Waals surface area contributed by atoms with E-state index in [0.717, 1.165) is 64.7 Å². The third kappa shape index (κ3) is 6.24. The van der Waals surface area contributed by atoms with E-state index in [2.05, 4.69) is 69.3 Å².